The zero-order valence-corrected chi connectivity index (χ0v) is 11.1. The molecular weight excluding hydrogens is 246 g/mol. The summed E-state index contributed by atoms with van der Waals surface area (Å²) in [6.07, 6.45) is 3.06. The van der Waals surface area contributed by atoms with Crippen molar-refractivity contribution < 1.29 is 14.6 Å². The van der Waals surface area contributed by atoms with Gasteiger partial charge in [0.2, 0.25) is 0 Å². The van der Waals surface area contributed by atoms with E-state index in [2.05, 4.69) is 19.8 Å². The minimum Gasteiger partial charge on any atom is -0.464 e. The lowest BCUT2D eigenvalue weighted by Gasteiger charge is -2.33. The van der Waals surface area contributed by atoms with Gasteiger partial charge < -0.3 is 14.7 Å². The monoisotopic (exact) mass is 265 g/mol. The van der Waals surface area contributed by atoms with Gasteiger partial charge in [0.1, 0.15) is 0 Å². The molecule has 104 valence electrons. The van der Waals surface area contributed by atoms with Crippen LogP contribution in [0.15, 0.2) is 12.1 Å². The number of hydrogen-bond acceptors (Lipinski definition) is 6. The molecule has 1 N–H and O–H groups in total. The van der Waals surface area contributed by atoms with Crippen molar-refractivity contribution in [2.45, 2.75) is 19.3 Å². The van der Waals surface area contributed by atoms with Gasteiger partial charge in [-0.1, -0.05) is 0 Å². The Balaban J connectivity index is 2.03. The predicted octanol–water partition coefficient (Wildman–Crippen LogP) is 0.862. The first kappa shape index (κ1) is 13.7. The second-order valence-electron chi connectivity index (χ2n) is 4.73. The summed E-state index contributed by atoms with van der Waals surface area (Å²) in [6.45, 7) is 2.05. The topological polar surface area (TPSA) is 75.5 Å². The van der Waals surface area contributed by atoms with Gasteiger partial charge in [-0.2, -0.15) is 0 Å². The SMILES string of the molecule is COC(=O)c1ccc(N2CCCC(CCO)C2)nn1. The minimum absolute atomic E-state index is 0.218. The molecule has 0 saturated carbocycles. The average Bonchev–Trinajstić information content (AvgIpc) is 2.47. The summed E-state index contributed by atoms with van der Waals surface area (Å²) >= 11 is 0. The number of aliphatic hydroxyl groups is 1. The Morgan fingerprint density at radius 2 is 2.37 bits per heavy atom. The van der Waals surface area contributed by atoms with Crippen LogP contribution in [0.2, 0.25) is 0 Å². The van der Waals surface area contributed by atoms with Gasteiger partial charge in [-0.3, -0.25) is 0 Å². The molecule has 2 rings (SSSR count). The first-order chi connectivity index (χ1) is 9.24. The third-order valence-electron chi connectivity index (χ3n) is 3.43. The van der Waals surface area contributed by atoms with E-state index in [9.17, 15) is 4.79 Å². The molecule has 1 aromatic rings. The summed E-state index contributed by atoms with van der Waals surface area (Å²) in [6, 6.07) is 3.42. The zero-order chi connectivity index (χ0) is 13.7. The number of piperidine rings is 1. The molecule has 1 fully saturated rings. The molecular formula is C13H19N3O3. The third-order valence-corrected chi connectivity index (χ3v) is 3.43. The number of ether oxygens (including phenoxy) is 1. The van der Waals surface area contributed by atoms with Crippen LogP contribution in [0, 0.1) is 5.92 Å². The number of rotatable bonds is 4. The van der Waals surface area contributed by atoms with Crippen molar-refractivity contribution in [3.05, 3.63) is 17.8 Å². The Kier molecular flexibility index (Phi) is 4.68. The van der Waals surface area contributed by atoms with Crippen LogP contribution in [0.25, 0.3) is 0 Å². The molecule has 1 aromatic heterocycles. The molecule has 0 aliphatic carbocycles. The largest absolute Gasteiger partial charge is 0.464 e. The van der Waals surface area contributed by atoms with Crippen LogP contribution in [0.5, 0.6) is 0 Å². The molecule has 1 saturated heterocycles. The van der Waals surface area contributed by atoms with Crippen molar-refractivity contribution >= 4 is 11.8 Å². The van der Waals surface area contributed by atoms with Gasteiger partial charge in [-0.15, -0.1) is 10.2 Å². The third kappa shape index (κ3) is 3.41. The maximum Gasteiger partial charge on any atom is 0.358 e. The van der Waals surface area contributed by atoms with Crippen LogP contribution in [0.3, 0.4) is 0 Å². The lowest BCUT2D eigenvalue weighted by molar-refractivity contribution is 0.0592. The standard InChI is InChI=1S/C13H19N3O3/c1-19-13(18)11-4-5-12(15-14-11)16-7-2-3-10(9-16)6-8-17/h4-5,10,17H,2-3,6-9H2,1H3. The van der Waals surface area contributed by atoms with E-state index in [4.69, 9.17) is 5.11 Å². The van der Waals surface area contributed by atoms with Gasteiger partial charge in [-0.25, -0.2) is 4.79 Å². The predicted molar refractivity (Wildman–Crippen MR) is 70.0 cm³/mol. The van der Waals surface area contributed by atoms with Crippen molar-refractivity contribution in [2.75, 3.05) is 31.7 Å². The van der Waals surface area contributed by atoms with E-state index < -0.39 is 5.97 Å². The molecule has 0 bridgehead atoms. The van der Waals surface area contributed by atoms with E-state index in [0.29, 0.717) is 5.92 Å². The number of esters is 1. The van der Waals surface area contributed by atoms with Crippen LogP contribution in [0.4, 0.5) is 5.82 Å². The quantitative estimate of drug-likeness (QED) is 0.814. The molecule has 1 aliphatic heterocycles. The summed E-state index contributed by atoms with van der Waals surface area (Å²) in [5, 5.41) is 17.0. The highest BCUT2D eigenvalue weighted by Gasteiger charge is 2.21. The molecule has 0 spiro atoms. The molecule has 0 radical (unpaired) electrons. The molecule has 19 heavy (non-hydrogen) atoms. The fourth-order valence-electron chi connectivity index (χ4n) is 2.40. The summed E-state index contributed by atoms with van der Waals surface area (Å²) in [4.78, 5) is 13.4. The molecule has 1 unspecified atom stereocenters. The van der Waals surface area contributed by atoms with Crippen molar-refractivity contribution in [1.29, 1.82) is 0 Å². The zero-order valence-electron chi connectivity index (χ0n) is 11.1. The summed E-state index contributed by atoms with van der Waals surface area (Å²) in [7, 11) is 1.32. The van der Waals surface area contributed by atoms with Gasteiger partial charge in [0.15, 0.2) is 11.5 Å². The number of aliphatic hydroxyl groups excluding tert-OH is 1. The molecule has 0 amide bonds. The van der Waals surface area contributed by atoms with Gasteiger partial charge in [0, 0.05) is 19.7 Å². The Bertz CT molecular complexity index is 420. The number of methoxy groups -OCH3 is 1. The van der Waals surface area contributed by atoms with Crippen molar-refractivity contribution in [3.8, 4) is 0 Å². The van der Waals surface area contributed by atoms with E-state index >= 15 is 0 Å². The molecule has 0 aromatic carbocycles. The van der Waals surface area contributed by atoms with Crippen LogP contribution in [-0.4, -0.2) is 48.1 Å². The van der Waals surface area contributed by atoms with Gasteiger partial charge >= 0.3 is 5.97 Å². The Labute approximate surface area is 112 Å². The molecule has 6 heteroatoms. The summed E-state index contributed by atoms with van der Waals surface area (Å²) < 4.78 is 4.59. The normalized spacial score (nSPS) is 19.3. The first-order valence-corrected chi connectivity index (χ1v) is 6.52. The molecule has 1 aliphatic rings. The number of aromatic nitrogens is 2. The number of carbonyl (C=O) groups excluding carboxylic acids is 1. The fourth-order valence-corrected chi connectivity index (χ4v) is 2.40. The van der Waals surface area contributed by atoms with E-state index in [1.54, 1.807) is 12.1 Å². The number of nitrogens with zero attached hydrogens (tertiary/aromatic N) is 3. The van der Waals surface area contributed by atoms with Crippen LogP contribution in [-0.2, 0) is 4.74 Å². The first-order valence-electron chi connectivity index (χ1n) is 6.52. The van der Waals surface area contributed by atoms with Gasteiger partial charge in [-0.05, 0) is 37.3 Å². The Morgan fingerprint density at radius 1 is 1.53 bits per heavy atom. The number of hydrogen-bond donors (Lipinski definition) is 1. The van der Waals surface area contributed by atoms with Crippen LogP contribution in [0.1, 0.15) is 29.8 Å². The second-order valence-corrected chi connectivity index (χ2v) is 4.73. The highest BCUT2D eigenvalue weighted by atomic mass is 16.5. The maximum absolute atomic E-state index is 11.3. The van der Waals surface area contributed by atoms with E-state index in [-0.39, 0.29) is 12.3 Å². The maximum atomic E-state index is 11.3. The lowest BCUT2D eigenvalue weighted by Crippen LogP contribution is -2.36. The van der Waals surface area contributed by atoms with E-state index in [0.717, 1.165) is 38.2 Å². The highest BCUT2D eigenvalue weighted by molar-refractivity contribution is 5.86. The minimum atomic E-state index is -0.476. The average molecular weight is 265 g/mol. The van der Waals surface area contributed by atoms with Crippen LogP contribution >= 0.6 is 0 Å². The fraction of sp³-hybridized carbons (Fsp3) is 0.615. The lowest BCUT2D eigenvalue weighted by atomic mass is 9.95. The Hall–Kier alpha value is -1.69. The molecule has 1 atom stereocenters. The van der Waals surface area contributed by atoms with Crippen molar-refractivity contribution in [1.82, 2.24) is 10.2 Å². The number of carbonyl (C=O) groups is 1. The summed E-state index contributed by atoms with van der Waals surface area (Å²) in [5.41, 5.74) is 0.218. The van der Waals surface area contributed by atoms with Crippen molar-refractivity contribution in [2.24, 2.45) is 5.92 Å². The van der Waals surface area contributed by atoms with Crippen molar-refractivity contribution in [3.63, 3.8) is 0 Å². The van der Waals surface area contributed by atoms with E-state index in [1.807, 2.05) is 0 Å². The smallest absolute Gasteiger partial charge is 0.358 e. The van der Waals surface area contributed by atoms with Gasteiger partial charge in [0.25, 0.3) is 0 Å². The van der Waals surface area contributed by atoms with E-state index in [1.165, 1.54) is 7.11 Å². The number of anilines is 1. The Morgan fingerprint density at radius 3 is 3.00 bits per heavy atom. The summed E-state index contributed by atoms with van der Waals surface area (Å²) in [5.74, 6) is 0.798. The van der Waals surface area contributed by atoms with Gasteiger partial charge in [0.05, 0.1) is 7.11 Å². The highest BCUT2D eigenvalue weighted by Crippen LogP contribution is 2.23. The molecule has 6 nitrogen and oxygen atoms in total. The van der Waals surface area contributed by atoms with Crippen LogP contribution < -0.4 is 4.90 Å². The second kappa shape index (κ2) is 6.47. The molecule has 2 heterocycles.